The van der Waals surface area contributed by atoms with Gasteiger partial charge in [-0.3, -0.25) is 4.90 Å². The molecule has 0 saturated carbocycles. The molecule has 0 spiro atoms. The smallest absolute Gasteiger partial charge is 0.164 e. The van der Waals surface area contributed by atoms with Gasteiger partial charge in [0, 0.05) is 36.4 Å². The quantitative estimate of drug-likeness (QED) is 0.905. The summed E-state index contributed by atoms with van der Waals surface area (Å²) >= 11 is 1.61. The summed E-state index contributed by atoms with van der Waals surface area (Å²) in [7, 11) is -3.22. The van der Waals surface area contributed by atoms with E-state index in [2.05, 4.69) is 0 Å². The number of hydrogen-bond donors (Lipinski definition) is 1. The van der Waals surface area contributed by atoms with E-state index in [-0.39, 0.29) is 12.4 Å². The highest BCUT2D eigenvalue weighted by Crippen LogP contribution is 2.30. The lowest BCUT2D eigenvalue weighted by Gasteiger charge is -2.39. The van der Waals surface area contributed by atoms with Crippen molar-refractivity contribution in [2.45, 2.75) is 11.4 Å². The molecule has 2 rings (SSSR count). The molecule has 2 unspecified atom stereocenters. The van der Waals surface area contributed by atoms with Crippen molar-refractivity contribution < 1.29 is 12.8 Å². The van der Waals surface area contributed by atoms with Gasteiger partial charge in [-0.15, -0.1) is 0 Å². The average molecular weight is 318 g/mol. The summed E-state index contributed by atoms with van der Waals surface area (Å²) in [5.74, 6) is 0.995. The second-order valence-electron chi connectivity index (χ2n) is 4.87. The summed E-state index contributed by atoms with van der Waals surface area (Å²) in [5.41, 5.74) is 6.27. The lowest BCUT2D eigenvalue weighted by Crippen LogP contribution is -2.50. The van der Waals surface area contributed by atoms with E-state index >= 15 is 0 Å². The van der Waals surface area contributed by atoms with Gasteiger partial charge in [-0.05, 0) is 6.07 Å². The highest BCUT2D eigenvalue weighted by Gasteiger charge is 2.36. The molecule has 20 heavy (non-hydrogen) atoms. The Balaban J connectivity index is 2.37. The number of halogens is 1. The first kappa shape index (κ1) is 15.8. The van der Waals surface area contributed by atoms with Crippen molar-refractivity contribution in [1.29, 1.82) is 0 Å². The van der Waals surface area contributed by atoms with Crippen molar-refractivity contribution in [2.24, 2.45) is 5.73 Å². The number of rotatable bonds is 4. The summed E-state index contributed by atoms with van der Waals surface area (Å²) in [5, 5.41) is -0.602. The fourth-order valence-corrected chi connectivity index (χ4v) is 5.43. The van der Waals surface area contributed by atoms with Crippen LogP contribution in [-0.4, -0.2) is 49.5 Å². The molecular weight excluding hydrogens is 299 g/mol. The van der Waals surface area contributed by atoms with E-state index in [9.17, 15) is 12.8 Å². The minimum atomic E-state index is -3.22. The Bertz CT molecular complexity index is 565. The van der Waals surface area contributed by atoms with Gasteiger partial charge in [0.15, 0.2) is 9.84 Å². The van der Waals surface area contributed by atoms with Gasteiger partial charge >= 0.3 is 0 Å². The molecule has 1 aromatic carbocycles. The molecule has 1 saturated heterocycles. The van der Waals surface area contributed by atoms with Crippen molar-refractivity contribution in [3.63, 3.8) is 0 Å². The van der Waals surface area contributed by atoms with Crippen LogP contribution < -0.4 is 5.73 Å². The Morgan fingerprint density at radius 2 is 2.20 bits per heavy atom. The second kappa shape index (κ2) is 6.43. The minimum Gasteiger partial charge on any atom is -0.329 e. The molecular formula is C13H19FN2O2S2. The fourth-order valence-electron chi connectivity index (χ4n) is 2.51. The lowest BCUT2D eigenvalue weighted by atomic mass is 10.0. The first-order valence-corrected chi connectivity index (χ1v) is 9.53. The van der Waals surface area contributed by atoms with E-state index in [4.69, 9.17) is 5.73 Å². The van der Waals surface area contributed by atoms with Gasteiger partial charge in [0.25, 0.3) is 0 Å². The molecule has 2 atom stereocenters. The summed E-state index contributed by atoms with van der Waals surface area (Å²) in [6.45, 7) is 0.788. The predicted molar refractivity (Wildman–Crippen MR) is 80.9 cm³/mol. The molecule has 0 aromatic heterocycles. The number of nitrogens with two attached hydrogens (primary N) is 1. The Labute approximate surface area is 123 Å². The second-order valence-corrected chi connectivity index (χ2v) is 8.22. The molecule has 4 nitrogen and oxygen atoms in total. The van der Waals surface area contributed by atoms with Crippen molar-refractivity contribution in [1.82, 2.24) is 4.90 Å². The largest absolute Gasteiger partial charge is 0.329 e. The van der Waals surface area contributed by atoms with E-state index < -0.39 is 21.3 Å². The van der Waals surface area contributed by atoms with Crippen molar-refractivity contribution in [3.05, 3.63) is 35.6 Å². The molecule has 0 radical (unpaired) electrons. The monoisotopic (exact) mass is 318 g/mol. The lowest BCUT2D eigenvalue weighted by molar-refractivity contribution is 0.194. The maximum atomic E-state index is 14.0. The van der Waals surface area contributed by atoms with Gasteiger partial charge in [-0.25, -0.2) is 12.8 Å². The van der Waals surface area contributed by atoms with Crippen LogP contribution >= 0.6 is 11.8 Å². The Morgan fingerprint density at radius 3 is 2.80 bits per heavy atom. The van der Waals surface area contributed by atoms with E-state index in [1.54, 1.807) is 30.0 Å². The zero-order valence-electron chi connectivity index (χ0n) is 11.3. The Kier molecular flexibility index (Phi) is 5.06. The molecule has 7 heteroatoms. The van der Waals surface area contributed by atoms with Crippen molar-refractivity contribution in [3.8, 4) is 0 Å². The predicted octanol–water partition coefficient (Wildman–Crippen LogP) is 1.24. The summed E-state index contributed by atoms with van der Waals surface area (Å²) < 4.78 is 37.9. The molecule has 1 aliphatic heterocycles. The van der Waals surface area contributed by atoms with Gasteiger partial charge in [-0.2, -0.15) is 11.8 Å². The molecule has 0 bridgehead atoms. The van der Waals surface area contributed by atoms with Crippen LogP contribution in [0.25, 0.3) is 0 Å². The normalized spacial score (nSPS) is 22.6. The molecule has 2 N–H and O–H groups in total. The van der Waals surface area contributed by atoms with Crippen LogP contribution in [-0.2, 0) is 9.84 Å². The van der Waals surface area contributed by atoms with Crippen LogP contribution in [0, 0.1) is 5.82 Å². The number of sulfone groups is 1. The fraction of sp³-hybridized carbons (Fsp3) is 0.538. The molecule has 1 heterocycles. The van der Waals surface area contributed by atoms with Gasteiger partial charge in [0.05, 0.1) is 6.04 Å². The number of nitrogens with zero attached hydrogens (tertiary/aromatic N) is 1. The van der Waals surface area contributed by atoms with Crippen LogP contribution in [0.15, 0.2) is 24.3 Å². The Morgan fingerprint density at radius 1 is 1.50 bits per heavy atom. The minimum absolute atomic E-state index is 0.192. The van der Waals surface area contributed by atoms with Crippen LogP contribution in [0.3, 0.4) is 0 Å². The van der Waals surface area contributed by atoms with E-state index in [0.29, 0.717) is 17.9 Å². The third kappa shape index (κ3) is 3.33. The molecule has 1 fully saturated rings. The third-order valence-electron chi connectivity index (χ3n) is 3.51. The third-order valence-corrected chi connectivity index (χ3v) is 6.17. The first-order chi connectivity index (χ1) is 9.45. The van der Waals surface area contributed by atoms with Crippen LogP contribution in [0.2, 0.25) is 0 Å². The number of thioether (sulfide) groups is 1. The van der Waals surface area contributed by atoms with Gasteiger partial charge in [0.1, 0.15) is 11.2 Å². The van der Waals surface area contributed by atoms with Crippen LogP contribution in [0.1, 0.15) is 11.6 Å². The topological polar surface area (TPSA) is 63.4 Å². The van der Waals surface area contributed by atoms with Crippen LogP contribution in [0.4, 0.5) is 4.39 Å². The average Bonchev–Trinajstić information content (AvgIpc) is 2.41. The number of benzene rings is 1. The number of hydrogen-bond acceptors (Lipinski definition) is 5. The highest BCUT2D eigenvalue weighted by molar-refractivity contribution is 8.00. The van der Waals surface area contributed by atoms with E-state index in [1.807, 2.05) is 4.90 Å². The van der Waals surface area contributed by atoms with Crippen molar-refractivity contribution >= 4 is 21.6 Å². The zero-order chi connectivity index (χ0) is 14.8. The first-order valence-electron chi connectivity index (χ1n) is 6.42. The standard InChI is InChI=1S/C13H19FN2O2S2/c1-20(17,18)13-9-19-7-6-16(13)12(8-15)10-4-2-3-5-11(10)14/h2-5,12-13H,6-9,15H2,1H3. The van der Waals surface area contributed by atoms with E-state index in [1.165, 1.54) is 12.3 Å². The molecule has 0 aliphatic carbocycles. The Hall–Kier alpha value is -0.630. The SMILES string of the molecule is CS(=O)(=O)C1CSCCN1C(CN)c1ccccc1F. The zero-order valence-corrected chi connectivity index (χ0v) is 13.0. The molecule has 1 aliphatic rings. The molecule has 0 amide bonds. The maximum Gasteiger partial charge on any atom is 0.164 e. The van der Waals surface area contributed by atoms with Gasteiger partial charge in [-0.1, -0.05) is 18.2 Å². The maximum absolute atomic E-state index is 14.0. The summed E-state index contributed by atoms with van der Waals surface area (Å²) in [4.78, 5) is 1.82. The van der Waals surface area contributed by atoms with Gasteiger partial charge in [0.2, 0.25) is 0 Å². The van der Waals surface area contributed by atoms with Crippen molar-refractivity contribution in [2.75, 3.05) is 30.9 Å². The molecule has 1 aromatic rings. The summed E-state index contributed by atoms with van der Waals surface area (Å²) in [6.07, 6.45) is 1.23. The van der Waals surface area contributed by atoms with Crippen LogP contribution in [0.5, 0.6) is 0 Å². The molecule has 112 valence electrons. The highest BCUT2D eigenvalue weighted by atomic mass is 32.2. The summed E-state index contributed by atoms with van der Waals surface area (Å²) in [6, 6.07) is 6.01. The van der Waals surface area contributed by atoms with E-state index in [0.717, 1.165) is 5.75 Å². The van der Waals surface area contributed by atoms with Gasteiger partial charge < -0.3 is 5.73 Å².